The van der Waals surface area contributed by atoms with Crippen LogP contribution in [0.3, 0.4) is 0 Å². The molecule has 1 aromatic carbocycles. The van der Waals surface area contributed by atoms with Gasteiger partial charge in [-0.25, -0.2) is 4.98 Å². The Kier molecular flexibility index (Phi) is 10.5. The van der Waals surface area contributed by atoms with E-state index >= 15 is 0 Å². The fraction of sp³-hybridized carbons (Fsp3) is 0.615. The molecule has 0 saturated heterocycles. The number of aliphatic hydroxyl groups is 2. The summed E-state index contributed by atoms with van der Waals surface area (Å²) in [6.45, 7) is 3.89. The molecular formula is C26H38N6O7. The fourth-order valence-electron chi connectivity index (χ4n) is 5.23. The molecule has 1 aliphatic carbocycles. The number of nitrogens with two attached hydrogens (primary N) is 1. The topological polar surface area (TPSA) is 200 Å². The van der Waals surface area contributed by atoms with Crippen LogP contribution < -0.4 is 11.1 Å². The third kappa shape index (κ3) is 8.04. The monoisotopic (exact) mass is 546 g/mol. The Labute approximate surface area is 226 Å². The van der Waals surface area contributed by atoms with Gasteiger partial charge in [0, 0.05) is 24.4 Å². The van der Waals surface area contributed by atoms with E-state index in [4.69, 9.17) is 5.73 Å². The number of benzene rings is 1. The average molecular weight is 547 g/mol. The number of aliphatic hydroxyl groups excluding tert-OH is 2. The van der Waals surface area contributed by atoms with E-state index in [9.17, 15) is 35.2 Å². The molecule has 0 bridgehead atoms. The van der Waals surface area contributed by atoms with Crippen LogP contribution in [0.15, 0.2) is 30.7 Å². The number of carbonyl (C=O) groups excluding carboxylic acids is 1. The summed E-state index contributed by atoms with van der Waals surface area (Å²) in [4.78, 5) is 38.5. The van der Waals surface area contributed by atoms with Crippen molar-refractivity contribution < 1.29 is 24.9 Å². The smallest absolute Gasteiger partial charge is 0.300 e. The van der Waals surface area contributed by atoms with E-state index in [0.29, 0.717) is 24.5 Å². The minimum Gasteiger partial charge on any atom is -0.390 e. The van der Waals surface area contributed by atoms with E-state index < -0.39 is 51.4 Å². The number of hydrogen-bond acceptors (Lipinski definition) is 9. The molecule has 4 atom stereocenters. The van der Waals surface area contributed by atoms with Gasteiger partial charge in [-0.15, -0.1) is 0 Å². The summed E-state index contributed by atoms with van der Waals surface area (Å²) in [5.74, 6) is -0.0467. The van der Waals surface area contributed by atoms with Crippen molar-refractivity contribution in [1.29, 1.82) is 0 Å². The number of nitro groups is 2. The third-order valence-corrected chi connectivity index (χ3v) is 7.27. The molecule has 0 unspecified atom stereocenters. The lowest BCUT2D eigenvalue weighted by molar-refractivity contribution is -0.394. The molecule has 0 aliphatic heterocycles. The van der Waals surface area contributed by atoms with E-state index in [1.807, 2.05) is 13.8 Å². The number of amides is 1. The van der Waals surface area contributed by atoms with Gasteiger partial charge in [-0.3, -0.25) is 29.6 Å². The number of nitro benzene ring substituents is 2. The summed E-state index contributed by atoms with van der Waals surface area (Å²) < 4.78 is 1.37. The molecule has 2 aromatic rings. The van der Waals surface area contributed by atoms with Gasteiger partial charge in [0.1, 0.15) is 11.8 Å². The Balaban J connectivity index is 1.77. The summed E-state index contributed by atoms with van der Waals surface area (Å²) in [5, 5.41) is 47.1. The molecule has 1 amide bonds. The van der Waals surface area contributed by atoms with Gasteiger partial charge in [-0.1, -0.05) is 46.0 Å². The Bertz CT molecular complexity index is 1150. The molecular weight excluding hydrogens is 508 g/mol. The van der Waals surface area contributed by atoms with Crippen LogP contribution in [0.25, 0.3) is 5.69 Å². The number of hydrogen-bond donors (Lipinski definition) is 4. The number of rotatable bonds is 13. The van der Waals surface area contributed by atoms with Crippen molar-refractivity contribution in [3.63, 3.8) is 0 Å². The molecule has 1 aromatic heterocycles. The van der Waals surface area contributed by atoms with Crippen LogP contribution in [-0.2, 0) is 11.2 Å². The lowest BCUT2D eigenvalue weighted by atomic mass is 9.82. The maximum absolute atomic E-state index is 13.2. The number of aromatic nitrogens is 2. The van der Waals surface area contributed by atoms with Crippen LogP contribution >= 0.6 is 0 Å². The number of nitrogens with one attached hydrogen (secondary N) is 1. The lowest BCUT2D eigenvalue weighted by Crippen LogP contribution is -2.54. The zero-order chi connectivity index (χ0) is 28.7. The molecule has 0 spiro atoms. The van der Waals surface area contributed by atoms with Crippen molar-refractivity contribution in [3.8, 4) is 5.69 Å². The summed E-state index contributed by atoms with van der Waals surface area (Å²) in [5.41, 5.74) is 5.76. The van der Waals surface area contributed by atoms with Gasteiger partial charge in [-0.05, 0) is 30.7 Å². The SMILES string of the molecule is CC(C)C[C@H](O)[C@H](O)[C@H](CC1CCCCC1)NC(=O)[C@@H](N)Cc1cncn1-c1ccc([N+](=O)[O-])cc1[N+](=O)[O-]. The molecule has 214 valence electrons. The molecule has 1 fully saturated rings. The Hall–Kier alpha value is -3.42. The fourth-order valence-corrected chi connectivity index (χ4v) is 5.23. The van der Waals surface area contributed by atoms with Crippen LogP contribution in [0, 0.1) is 32.1 Å². The predicted molar refractivity (Wildman–Crippen MR) is 143 cm³/mol. The number of nitrogens with zero attached hydrogens (tertiary/aromatic N) is 4. The molecule has 1 heterocycles. The van der Waals surface area contributed by atoms with Crippen molar-refractivity contribution >= 4 is 17.3 Å². The zero-order valence-corrected chi connectivity index (χ0v) is 22.3. The highest BCUT2D eigenvalue weighted by Crippen LogP contribution is 2.30. The highest BCUT2D eigenvalue weighted by molar-refractivity contribution is 5.82. The molecule has 13 nitrogen and oxygen atoms in total. The Morgan fingerprint density at radius 2 is 1.87 bits per heavy atom. The molecule has 5 N–H and O–H groups in total. The average Bonchev–Trinajstić information content (AvgIpc) is 3.35. The van der Waals surface area contributed by atoms with Crippen LogP contribution in [0.1, 0.15) is 64.5 Å². The molecule has 0 radical (unpaired) electrons. The summed E-state index contributed by atoms with van der Waals surface area (Å²) in [6, 6.07) is 1.51. The first-order valence-electron chi connectivity index (χ1n) is 13.3. The number of imidazole rings is 1. The standard InChI is InChI=1S/C26H38N6O7/c1-16(2)10-24(33)25(34)21(11-17-6-4-3-5-7-17)29-26(35)20(27)12-19-14-28-15-30(19)22-9-8-18(31(36)37)13-23(22)32(38)39/h8-9,13-17,20-21,24-25,33-34H,3-7,10-12,27H2,1-2H3,(H,29,35)/t20-,21-,24-,25+/m0/s1. The van der Waals surface area contributed by atoms with Crippen LogP contribution in [0.4, 0.5) is 11.4 Å². The third-order valence-electron chi connectivity index (χ3n) is 7.27. The second-order valence-electron chi connectivity index (χ2n) is 10.8. The summed E-state index contributed by atoms with van der Waals surface area (Å²) in [7, 11) is 0. The van der Waals surface area contributed by atoms with Gasteiger partial charge in [0.05, 0.1) is 40.4 Å². The van der Waals surface area contributed by atoms with Gasteiger partial charge in [0.15, 0.2) is 0 Å². The van der Waals surface area contributed by atoms with Crippen molar-refractivity contribution in [1.82, 2.24) is 14.9 Å². The van der Waals surface area contributed by atoms with Crippen LogP contribution in [0.2, 0.25) is 0 Å². The van der Waals surface area contributed by atoms with Gasteiger partial charge in [0.2, 0.25) is 5.91 Å². The zero-order valence-electron chi connectivity index (χ0n) is 22.3. The van der Waals surface area contributed by atoms with E-state index in [0.717, 1.165) is 44.2 Å². The van der Waals surface area contributed by atoms with E-state index in [1.54, 1.807) is 0 Å². The first kappa shape index (κ1) is 30.1. The normalized spacial score (nSPS) is 17.4. The minimum absolute atomic E-state index is 0.0409. The van der Waals surface area contributed by atoms with Crippen molar-refractivity contribution in [2.24, 2.45) is 17.6 Å². The number of carbonyl (C=O) groups is 1. The molecule has 13 heteroatoms. The maximum Gasteiger partial charge on any atom is 0.300 e. The van der Waals surface area contributed by atoms with Gasteiger partial charge in [-0.2, -0.15) is 0 Å². The highest BCUT2D eigenvalue weighted by atomic mass is 16.6. The van der Waals surface area contributed by atoms with Crippen molar-refractivity contribution in [2.75, 3.05) is 0 Å². The van der Waals surface area contributed by atoms with E-state index in [-0.39, 0.29) is 18.0 Å². The summed E-state index contributed by atoms with van der Waals surface area (Å²) in [6.07, 6.45) is 6.79. The van der Waals surface area contributed by atoms with Gasteiger partial charge < -0.3 is 21.3 Å². The molecule has 1 aliphatic rings. The maximum atomic E-state index is 13.2. The van der Waals surface area contributed by atoms with Gasteiger partial charge in [0.25, 0.3) is 11.4 Å². The predicted octanol–water partition coefficient (Wildman–Crippen LogP) is 2.78. The van der Waals surface area contributed by atoms with E-state index in [2.05, 4.69) is 10.3 Å². The van der Waals surface area contributed by atoms with Crippen molar-refractivity contribution in [3.05, 3.63) is 56.6 Å². The largest absolute Gasteiger partial charge is 0.390 e. The van der Waals surface area contributed by atoms with Crippen LogP contribution in [-0.4, -0.2) is 59.8 Å². The highest BCUT2D eigenvalue weighted by Gasteiger charge is 2.32. The molecule has 3 rings (SSSR count). The van der Waals surface area contributed by atoms with Crippen LogP contribution in [0.5, 0.6) is 0 Å². The quantitative estimate of drug-likeness (QED) is 0.215. The summed E-state index contributed by atoms with van der Waals surface area (Å²) >= 11 is 0. The lowest BCUT2D eigenvalue weighted by Gasteiger charge is -2.33. The molecule has 39 heavy (non-hydrogen) atoms. The van der Waals surface area contributed by atoms with Gasteiger partial charge >= 0.3 is 0 Å². The minimum atomic E-state index is -1.15. The Morgan fingerprint density at radius 1 is 1.18 bits per heavy atom. The second-order valence-corrected chi connectivity index (χ2v) is 10.8. The Morgan fingerprint density at radius 3 is 2.49 bits per heavy atom. The number of non-ortho nitro benzene ring substituents is 1. The first-order chi connectivity index (χ1) is 18.5. The molecule has 1 saturated carbocycles. The first-order valence-corrected chi connectivity index (χ1v) is 13.3. The second kappa shape index (κ2) is 13.6. The van der Waals surface area contributed by atoms with Crippen molar-refractivity contribution in [2.45, 2.75) is 89.5 Å². The van der Waals surface area contributed by atoms with E-state index in [1.165, 1.54) is 23.2 Å².